The summed E-state index contributed by atoms with van der Waals surface area (Å²) in [6.45, 7) is 0.197. The van der Waals surface area contributed by atoms with E-state index in [9.17, 15) is 9.59 Å². The molecule has 4 N–H and O–H groups in total. The number of nitrogens with two attached hydrogens (primary N) is 1. The number of nitrogens with one attached hydrogen (secondary N) is 1. The Labute approximate surface area is 112 Å². The Morgan fingerprint density at radius 1 is 1.56 bits per heavy atom. The van der Waals surface area contributed by atoms with Gasteiger partial charge in [-0.15, -0.1) is 0 Å². The van der Waals surface area contributed by atoms with Crippen LogP contribution in [0.15, 0.2) is 22.7 Å². The molecule has 0 spiro atoms. The molecule has 0 fully saturated rings. The van der Waals surface area contributed by atoms with Gasteiger partial charge in [-0.3, -0.25) is 4.79 Å². The van der Waals surface area contributed by atoms with Crippen molar-refractivity contribution in [1.82, 2.24) is 5.32 Å². The largest absolute Gasteiger partial charge is 0.496 e. The van der Waals surface area contributed by atoms with Crippen LogP contribution in [0.1, 0.15) is 5.56 Å². The van der Waals surface area contributed by atoms with E-state index in [-0.39, 0.29) is 6.54 Å². The van der Waals surface area contributed by atoms with Crippen LogP contribution in [0.3, 0.4) is 0 Å². The third kappa shape index (κ3) is 3.71. The average Bonchev–Trinajstić information content (AvgIpc) is 2.35. The predicted molar refractivity (Wildman–Crippen MR) is 68.2 cm³/mol. The molecule has 6 nitrogen and oxygen atoms in total. The van der Waals surface area contributed by atoms with E-state index in [2.05, 4.69) is 21.2 Å². The second-order valence-electron chi connectivity index (χ2n) is 3.50. The molecule has 0 aliphatic heterocycles. The topological polar surface area (TPSA) is 102 Å². The molecule has 1 aromatic carbocycles. The SMILES string of the molecule is COc1ccc(CNC(=O)C(N)C(=O)O)cc1Br. The molecule has 1 atom stereocenters. The van der Waals surface area contributed by atoms with Crippen LogP contribution < -0.4 is 15.8 Å². The molecule has 1 unspecified atom stereocenters. The number of methoxy groups -OCH3 is 1. The Balaban J connectivity index is 2.61. The van der Waals surface area contributed by atoms with Gasteiger partial charge in [-0.1, -0.05) is 6.07 Å². The van der Waals surface area contributed by atoms with Crippen LogP contribution in [0, 0.1) is 0 Å². The second kappa shape index (κ2) is 6.36. The lowest BCUT2D eigenvalue weighted by molar-refractivity contribution is -0.142. The summed E-state index contributed by atoms with van der Waals surface area (Å²) in [6.07, 6.45) is 0. The minimum Gasteiger partial charge on any atom is -0.496 e. The average molecular weight is 317 g/mol. The summed E-state index contributed by atoms with van der Waals surface area (Å²) >= 11 is 3.31. The highest BCUT2D eigenvalue weighted by Gasteiger charge is 2.20. The van der Waals surface area contributed by atoms with Gasteiger partial charge in [0, 0.05) is 6.54 Å². The maximum absolute atomic E-state index is 11.3. The zero-order valence-corrected chi connectivity index (χ0v) is 11.2. The van der Waals surface area contributed by atoms with Crippen LogP contribution in [-0.2, 0) is 16.1 Å². The van der Waals surface area contributed by atoms with Crippen molar-refractivity contribution in [3.05, 3.63) is 28.2 Å². The van der Waals surface area contributed by atoms with Gasteiger partial charge in [0.15, 0.2) is 6.04 Å². The zero-order chi connectivity index (χ0) is 13.7. The number of carboxylic acids is 1. The van der Waals surface area contributed by atoms with Crippen molar-refractivity contribution in [2.24, 2.45) is 5.73 Å². The first-order valence-corrected chi connectivity index (χ1v) is 5.83. The Hall–Kier alpha value is -1.60. The first-order valence-electron chi connectivity index (χ1n) is 5.04. The third-order valence-electron chi connectivity index (χ3n) is 2.23. The fourth-order valence-corrected chi connectivity index (χ4v) is 1.82. The highest BCUT2D eigenvalue weighted by atomic mass is 79.9. The van der Waals surface area contributed by atoms with E-state index >= 15 is 0 Å². The van der Waals surface area contributed by atoms with E-state index in [0.717, 1.165) is 10.0 Å². The maximum atomic E-state index is 11.3. The molecule has 7 heteroatoms. The van der Waals surface area contributed by atoms with Gasteiger partial charge < -0.3 is 20.9 Å². The molecular weight excluding hydrogens is 304 g/mol. The third-order valence-corrected chi connectivity index (χ3v) is 2.85. The normalized spacial score (nSPS) is 11.7. The number of ether oxygens (including phenoxy) is 1. The van der Waals surface area contributed by atoms with Crippen molar-refractivity contribution < 1.29 is 19.4 Å². The molecule has 18 heavy (non-hydrogen) atoms. The molecule has 0 heterocycles. The van der Waals surface area contributed by atoms with Crippen LogP contribution in [-0.4, -0.2) is 30.1 Å². The van der Waals surface area contributed by atoms with Gasteiger partial charge in [-0.25, -0.2) is 4.79 Å². The molecule has 0 aromatic heterocycles. The monoisotopic (exact) mass is 316 g/mol. The van der Waals surface area contributed by atoms with Gasteiger partial charge in [0.05, 0.1) is 11.6 Å². The van der Waals surface area contributed by atoms with E-state index in [0.29, 0.717) is 5.75 Å². The molecule has 1 amide bonds. The van der Waals surface area contributed by atoms with Crippen LogP contribution >= 0.6 is 15.9 Å². The predicted octanol–water partition coefficient (Wildman–Crippen LogP) is 0.486. The molecule has 98 valence electrons. The first kappa shape index (κ1) is 14.5. The molecule has 1 rings (SSSR count). The van der Waals surface area contributed by atoms with E-state index in [1.807, 2.05) is 0 Å². The van der Waals surface area contributed by atoms with Crippen molar-refractivity contribution in [3.8, 4) is 5.75 Å². The fraction of sp³-hybridized carbons (Fsp3) is 0.273. The number of rotatable bonds is 5. The lowest BCUT2D eigenvalue weighted by Crippen LogP contribution is -2.45. The first-order chi connectivity index (χ1) is 8.45. The van der Waals surface area contributed by atoms with Crippen LogP contribution in [0.25, 0.3) is 0 Å². The molecule has 0 aliphatic rings. The number of amides is 1. The number of aliphatic carboxylic acids is 1. The zero-order valence-electron chi connectivity index (χ0n) is 9.64. The lowest BCUT2D eigenvalue weighted by atomic mass is 10.2. The summed E-state index contributed by atoms with van der Waals surface area (Å²) in [6, 6.07) is 3.72. The van der Waals surface area contributed by atoms with Crippen molar-refractivity contribution in [2.75, 3.05) is 7.11 Å². The molecule has 0 radical (unpaired) electrons. The van der Waals surface area contributed by atoms with Crippen molar-refractivity contribution in [1.29, 1.82) is 0 Å². The second-order valence-corrected chi connectivity index (χ2v) is 4.36. The smallest absolute Gasteiger partial charge is 0.330 e. The van der Waals surface area contributed by atoms with E-state index in [4.69, 9.17) is 15.6 Å². The highest BCUT2D eigenvalue weighted by Crippen LogP contribution is 2.25. The quantitative estimate of drug-likeness (QED) is 0.686. The van der Waals surface area contributed by atoms with Crippen LogP contribution in [0.2, 0.25) is 0 Å². The Kier molecular flexibility index (Phi) is 5.11. The van der Waals surface area contributed by atoms with Gasteiger partial charge in [-0.2, -0.15) is 0 Å². The number of carboxylic acid groups (broad SMARTS) is 1. The number of hydrogen-bond acceptors (Lipinski definition) is 4. The van der Waals surface area contributed by atoms with Gasteiger partial charge in [0.2, 0.25) is 5.91 Å². The van der Waals surface area contributed by atoms with Gasteiger partial charge in [0.1, 0.15) is 5.75 Å². The molecular formula is C11H13BrN2O4. The van der Waals surface area contributed by atoms with Crippen molar-refractivity contribution >= 4 is 27.8 Å². The van der Waals surface area contributed by atoms with Gasteiger partial charge in [-0.05, 0) is 33.6 Å². The number of halogens is 1. The van der Waals surface area contributed by atoms with E-state index in [1.165, 1.54) is 0 Å². The van der Waals surface area contributed by atoms with Crippen LogP contribution in [0.4, 0.5) is 0 Å². The molecule has 1 aromatic rings. The number of carbonyl (C=O) groups is 2. The van der Waals surface area contributed by atoms with Gasteiger partial charge in [0.25, 0.3) is 0 Å². The summed E-state index contributed by atoms with van der Waals surface area (Å²) in [5.41, 5.74) is 5.96. The van der Waals surface area contributed by atoms with E-state index < -0.39 is 17.9 Å². The number of hydrogen-bond donors (Lipinski definition) is 3. The van der Waals surface area contributed by atoms with Crippen molar-refractivity contribution in [3.63, 3.8) is 0 Å². The number of carbonyl (C=O) groups excluding carboxylic acids is 1. The Bertz CT molecular complexity index is 464. The number of benzene rings is 1. The molecule has 0 bridgehead atoms. The minimum atomic E-state index is -1.55. The summed E-state index contributed by atoms with van der Waals surface area (Å²) in [7, 11) is 1.55. The van der Waals surface area contributed by atoms with Gasteiger partial charge >= 0.3 is 5.97 Å². The maximum Gasteiger partial charge on any atom is 0.330 e. The summed E-state index contributed by atoms with van der Waals surface area (Å²) in [5, 5.41) is 11.0. The van der Waals surface area contributed by atoms with E-state index in [1.54, 1.807) is 25.3 Å². The molecule has 0 aliphatic carbocycles. The standard InChI is InChI=1S/C11H13BrN2O4/c1-18-8-3-2-6(4-7(8)12)5-14-10(15)9(13)11(16)17/h2-4,9H,5,13H2,1H3,(H,14,15)(H,16,17). The summed E-state index contributed by atoms with van der Waals surface area (Å²) < 4.78 is 5.81. The Morgan fingerprint density at radius 3 is 2.72 bits per heavy atom. The highest BCUT2D eigenvalue weighted by molar-refractivity contribution is 9.10. The molecule has 0 saturated carbocycles. The summed E-state index contributed by atoms with van der Waals surface area (Å²) in [5.74, 6) is -1.41. The Morgan fingerprint density at radius 2 is 2.22 bits per heavy atom. The molecule has 0 saturated heterocycles. The lowest BCUT2D eigenvalue weighted by Gasteiger charge is -2.09. The fourth-order valence-electron chi connectivity index (χ4n) is 1.23. The van der Waals surface area contributed by atoms with Crippen molar-refractivity contribution in [2.45, 2.75) is 12.6 Å². The summed E-state index contributed by atoms with van der Waals surface area (Å²) in [4.78, 5) is 21.8. The minimum absolute atomic E-state index is 0.197. The van der Waals surface area contributed by atoms with Crippen LogP contribution in [0.5, 0.6) is 5.75 Å².